The molecule has 1 saturated heterocycles. The summed E-state index contributed by atoms with van der Waals surface area (Å²) in [6, 6.07) is 14.2. The monoisotopic (exact) mass is 335 g/mol. The highest BCUT2D eigenvalue weighted by molar-refractivity contribution is 5.97. The summed E-state index contributed by atoms with van der Waals surface area (Å²) in [5.41, 5.74) is 3.25. The number of hydrogen-bond donors (Lipinski definition) is 0. The van der Waals surface area contributed by atoms with Crippen LogP contribution in [-0.2, 0) is 12.8 Å². The van der Waals surface area contributed by atoms with E-state index in [0.717, 1.165) is 56.6 Å². The lowest BCUT2D eigenvalue weighted by atomic mass is 9.76. The molecule has 1 amide bonds. The number of likely N-dealkylation sites (tertiary alicyclic amines) is 1. The number of likely N-dealkylation sites (N-methyl/N-ethyl adjacent to an activating group) is 1. The van der Waals surface area contributed by atoms with E-state index in [1.807, 2.05) is 48.5 Å². The zero-order valence-corrected chi connectivity index (χ0v) is 14.8. The topological polar surface area (TPSA) is 36.4 Å². The number of rotatable bonds is 3. The Kier molecular flexibility index (Phi) is 4.30. The van der Waals surface area contributed by atoms with Gasteiger partial charge in [0.1, 0.15) is 0 Å². The van der Waals surface area contributed by atoms with Gasteiger partial charge < -0.3 is 9.80 Å². The molecule has 2 aliphatic heterocycles. The third-order valence-corrected chi connectivity index (χ3v) is 5.98. The molecule has 25 heavy (non-hydrogen) atoms. The second kappa shape index (κ2) is 6.60. The van der Waals surface area contributed by atoms with Gasteiger partial charge in [0.15, 0.2) is 0 Å². The number of carbonyl (C=O) groups excluding carboxylic acids is 1. The van der Waals surface area contributed by atoms with Gasteiger partial charge in [0.05, 0.1) is 0 Å². The zero-order valence-electron chi connectivity index (χ0n) is 14.8. The summed E-state index contributed by atoms with van der Waals surface area (Å²) in [5.74, 6) is 0.184. The van der Waals surface area contributed by atoms with Crippen molar-refractivity contribution in [1.29, 1.82) is 0 Å². The highest BCUT2D eigenvalue weighted by atomic mass is 16.2. The molecule has 3 heterocycles. The minimum Gasteiger partial charge on any atom is -0.336 e. The van der Waals surface area contributed by atoms with Crippen LogP contribution in [0.25, 0.3) is 0 Å². The van der Waals surface area contributed by atoms with E-state index in [1.165, 1.54) is 5.56 Å². The minimum absolute atomic E-state index is 0.00701. The van der Waals surface area contributed by atoms with E-state index in [4.69, 9.17) is 0 Å². The Hall–Kier alpha value is -2.20. The molecule has 4 heteroatoms. The van der Waals surface area contributed by atoms with Gasteiger partial charge in [-0.25, -0.2) is 0 Å². The number of piperidine rings is 1. The normalized spacial score (nSPS) is 19.9. The highest BCUT2D eigenvalue weighted by Gasteiger charge is 2.44. The maximum Gasteiger partial charge on any atom is 0.254 e. The maximum atomic E-state index is 12.8. The predicted octanol–water partition coefficient (Wildman–Crippen LogP) is 2.79. The first kappa shape index (κ1) is 16.3. The lowest BCUT2D eigenvalue weighted by Gasteiger charge is -2.50. The molecule has 1 spiro atoms. The van der Waals surface area contributed by atoms with E-state index in [-0.39, 0.29) is 11.4 Å². The van der Waals surface area contributed by atoms with Crippen molar-refractivity contribution in [3.63, 3.8) is 0 Å². The van der Waals surface area contributed by atoms with Crippen LogP contribution < -0.4 is 0 Å². The van der Waals surface area contributed by atoms with Gasteiger partial charge in [-0.3, -0.25) is 9.78 Å². The van der Waals surface area contributed by atoms with Crippen molar-refractivity contribution in [2.24, 2.45) is 0 Å². The van der Waals surface area contributed by atoms with Gasteiger partial charge in [-0.15, -0.1) is 0 Å². The molecular weight excluding hydrogens is 310 g/mol. The summed E-state index contributed by atoms with van der Waals surface area (Å²) in [5, 5.41) is 0. The second-order valence-corrected chi connectivity index (χ2v) is 7.34. The number of benzene rings is 1. The molecule has 0 N–H and O–H groups in total. The van der Waals surface area contributed by atoms with E-state index in [1.54, 1.807) is 0 Å². The van der Waals surface area contributed by atoms with Crippen molar-refractivity contribution in [3.05, 3.63) is 65.5 Å². The number of aromatic nitrogens is 1. The Morgan fingerprint density at radius 3 is 2.60 bits per heavy atom. The van der Waals surface area contributed by atoms with Crippen molar-refractivity contribution < 1.29 is 4.79 Å². The standard InChI is InChI=1S/C21H25N3O/c1-23-20(25)19-8-3-2-6-17(19)16-21(23)10-14-24(15-11-21)13-9-18-7-4-5-12-22-18/h2-8,12H,9-11,13-16H2,1H3. The number of carbonyl (C=O) groups is 1. The number of amides is 1. The molecule has 2 aliphatic rings. The summed E-state index contributed by atoms with van der Waals surface area (Å²) < 4.78 is 0. The molecule has 4 nitrogen and oxygen atoms in total. The van der Waals surface area contributed by atoms with Gasteiger partial charge in [0, 0.05) is 56.1 Å². The van der Waals surface area contributed by atoms with Crippen molar-refractivity contribution >= 4 is 5.91 Å². The van der Waals surface area contributed by atoms with Crippen LogP contribution in [0.1, 0.15) is 34.5 Å². The Bertz CT molecular complexity index is 751. The number of pyridine rings is 1. The lowest BCUT2D eigenvalue weighted by Crippen LogP contribution is -2.59. The van der Waals surface area contributed by atoms with Crippen LogP contribution in [0.2, 0.25) is 0 Å². The van der Waals surface area contributed by atoms with Crippen LogP contribution in [0, 0.1) is 0 Å². The first-order valence-corrected chi connectivity index (χ1v) is 9.16. The molecule has 2 aromatic rings. The molecule has 0 bridgehead atoms. The summed E-state index contributed by atoms with van der Waals surface area (Å²) in [6.45, 7) is 3.14. The average Bonchev–Trinajstić information content (AvgIpc) is 2.67. The maximum absolute atomic E-state index is 12.8. The van der Waals surface area contributed by atoms with Crippen molar-refractivity contribution in [3.8, 4) is 0 Å². The van der Waals surface area contributed by atoms with Gasteiger partial charge in [-0.2, -0.15) is 0 Å². The SMILES string of the molecule is CN1C(=O)c2ccccc2CC12CCN(CCc1ccccn1)CC2. The molecule has 4 rings (SSSR count). The number of fused-ring (bicyclic) bond motifs is 1. The van der Waals surface area contributed by atoms with E-state index in [9.17, 15) is 4.79 Å². The van der Waals surface area contributed by atoms with Crippen LogP contribution in [0.3, 0.4) is 0 Å². The van der Waals surface area contributed by atoms with Crippen LogP contribution in [-0.4, -0.2) is 52.9 Å². The second-order valence-electron chi connectivity index (χ2n) is 7.34. The average molecular weight is 335 g/mol. The first-order chi connectivity index (χ1) is 12.2. The number of hydrogen-bond acceptors (Lipinski definition) is 3. The Labute approximate surface area is 149 Å². The number of nitrogens with zero attached hydrogens (tertiary/aromatic N) is 3. The predicted molar refractivity (Wildman–Crippen MR) is 98.6 cm³/mol. The summed E-state index contributed by atoms with van der Waals surface area (Å²) in [6.07, 6.45) is 5.93. The molecule has 0 unspecified atom stereocenters. The van der Waals surface area contributed by atoms with Crippen molar-refractivity contribution in [2.75, 3.05) is 26.7 Å². The molecular formula is C21H25N3O. The molecule has 0 saturated carbocycles. The fraction of sp³-hybridized carbons (Fsp3) is 0.429. The quantitative estimate of drug-likeness (QED) is 0.865. The Balaban J connectivity index is 1.42. The van der Waals surface area contributed by atoms with E-state index >= 15 is 0 Å². The molecule has 0 aliphatic carbocycles. The molecule has 0 radical (unpaired) electrons. The molecule has 0 atom stereocenters. The summed E-state index contributed by atoms with van der Waals surface area (Å²) in [7, 11) is 1.99. The van der Waals surface area contributed by atoms with Crippen LogP contribution >= 0.6 is 0 Å². The Morgan fingerprint density at radius 1 is 1.08 bits per heavy atom. The van der Waals surface area contributed by atoms with Gasteiger partial charge in [0.25, 0.3) is 5.91 Å². The molecule has 1 aromatic heterocycles. The van der Waals surface area contributed by atoms with Gasteiger partial charge in [-0.05, 0) is 43.0 Å². The van der Waals surface area contributed by atoms with Crippen LogP contribution in [0.4, 0.5) is 0 Å². The highest BCUT2D eigenvalue weighted by Crippen LogP contribution is 2.37. The van der Waals surface area contributed by atoms with Crippen LogP contribution in [0.5, 0.6) is 0 Å². The molecule has 1 fully saturated rings. The lowest BCUT2D eigenvalue weighted by molar-refractivity contribution is 0.0248. The van der Waals surface area contributed by atoms with Crippen molar-refractivity contribution in [1.82, 2.24) is 14.8 Å². The fourth-order valence-corrected chi connectivity index (χ4v) is 4.28. The van der Waals surface area contributed by atoms with Gasteiger partial charge in [0.2, 0.25) is 0 Å². The first-order valence-electron chi connectivity index (χ1n) is 9.16. The largest absolute Gasteiger partial charge is 0.336 e. The third-order valence-electron chi connectivity index (χ3n) is 5.98. The van der Waals surface area contributed by atoms with E-state index in [2.05, 4.69) is 22.0 Å². The Morgan fingerprint density at radius 2 is 1.84 bits per heavy atom. The minimum atomic E-state index is -0.00701. The zero-order chi connectivity index (χ0) is 17.3. The summed E-state index contributed by atoms with van der Waals surface area (Å²) in [4.78, 5) is 21.7. The van der Waals surface area contributed by atoms with Gasteiger partial charge in [-0.1, -0.05) is 24.3 Å². The summed E-state index contributed by atoms with van der Waals surface area (Å²) >= 11 is 0. The van der Waals surface area contributed by atoms with Crippen molar-refractivity contribution in [2.45, 2.75) is 31.2 Å². The van der Waals surface area contributed by atoms with Gasteiger partial charge >= 0.3 is 0 Å². The molecule has 130 valence electrons. The molecule has 1 aromatic carbocycles. The van der Waals surface area contributed by atoms with E-state index < -0.39 is 0 Å². The third kappa shape index (κ3) is 3.07. The fourth-order valence-electron chi connectivity index (χ4n) is 4.28. The smallest absolute Gasteiger partial charge is 0.254 e. The van der Waals surface area contributed by atoms with Crippen LogP contribution in [0.15, 0.2) is 48.7 Å². The van der Waals surface area contributed by atoms with E-state index in [0.29, 0.717) is 0 Å².